The highest BCUT2D eigenvalue weighted by Gasteiger charge is 2.19. The van der Waals surface area contributed by atoms with Crippen LogP contribution in [0.25, 0.3) is 6.08 Å². The van der Waals surface area contributed by atoms with Gasteiger partial charge in [-0.1, -0.05) is 42.5 Å². The lowest BCUT2D eigenvalue weighted by molar-refractivity contribution is -0.115. The van der Waals surface area contributed by atoms with Crippen molar-refractivity contribution in [3.8, 4) is 0 Å². The Labute approximate surface area is 252 Å². The summed E-state index contributed by atoms with van der Waals surface area (Å²) in [4.78, 5) is 51.6. The number of para-hydroxylation sites is 1. The molecular weight excluding hydrogens is 569 g/mol. The van der Waals surface area contributed by atoms with Crippen LogP contribution in [0.1, 0.15) is 33.2 Å². The van der Waals surface area contributed by atoms with Crippen LogP contribution in [0, 0.1) is 5.82 Å². The fraction of sp³-hybridized carbons (Fsp3) is 0.0909. The topological polar surface area (TPSA) is 114 Å². The third-order valence-electron chi connectivity index (χ3n) is 6.09. The Balaban J connectivity index is 1.42. The number of amides is 3. The van der Waals surface area contributed by atoms with Gasteiger partial charge < -0.3 is 20.7 Å². The second-order valence-corrected chi connectivity index (χ2v) is 10.6. The van der Waals surface area contributed by atoms with Crippen molar-refractivity contribution in [2.75, 3.05) is 17.7 Å². The van der Waals surface area contributed by atoms with E-state index in [1.54, 1.807) is 85.8 Å². The molecule has 218 valence electrons. The van der Waals surface area contributed by atoms with Crippen molar-refractivity contribution in [3.05, 3.63) is 131 Å². The average Bonchev–Trinajstić information content (AvgIpc) is 3.02. The Morgan fingerprint density at radius 2 is 1.47 bits per heavy atom. The quantitative estimate of drug-likeness (QED) is 0.115. The minimum Gasteiger partial charge on any atom is -0.465 e. The lowest BCUT2D eigenvalue weighted by Crippen LogP contribution is -2.30. The molecule has 4 aromatic rings. The normalized spacial score (nSPS) is 11.7. The van der Waals surface area contributed by atoms with E-state index in [0.29, 0.717) is 22.5 Å². The Hall–Kier alpha value is -5.22. The molecule has 0 fully saturated rings. The zero-order valence-electron chi connectivity index (χ0n) is 23.3. The van der Waals surface area contributed by atoms with E-state index in [9.17, 15) is 23.6 Å². The lowest BCUT2D eigenvalue weighted by Gasteiger charge is -2.15. The number of ether oxygens (including phenoxy) is 1. The van der Waals surface area contributed by atoms with Crippen LogP contribution in [-0.2, 0) is 14.3 Å². The monoisotopic (exact) mass is 597 g/mol. The van der Waals surface area contributed by atoms with E-state index in [1.807, 2.05) is 0 Å². The summed E-state index contributed by atoms with van der Waals surface area (Å²) in [5, 5.41) is 7.66. The van der Waals surface area contributed by atoms with E-state index in [1.165, 1.54) is 49.2 Å². The first kappa shape index (κ1) is 30.7. The zero-order valence-corrected chi connectivity index (χ0v) is 24.1. The van der Waals surface area contributed by atoms with E-state index in [0.717, 1.165) is 4.90 Å². The maximum atomic E-state index is 13.4. The Bertz CT molecular complexity index is 1640. The number of carbonyl (C=O) groups excluding carboxylic acids is 4. The summed E-state index contributed by atoms with van der Waals surface area (Å²) in [5.74, 6) is -2.33. The number of anilines is 2. The van der Waals surface area contributed by atoms with Crippen molar-refractivity contribution >= 4 is 52.9 Å². The van der Waals surface area contributed by atoms with Gasteiger partial charge in [0.05, 0.1) is 23.6 Å². The van der Waals surface area contributed by atoms with Gasteiger partial charge in [0.1, 0.15) is 11.5 Å². The summed E-state index contributed by atoms with van der Waals surface area (Å²) in [7, 11) is 1.27. The molecule has 0 saturated carbocycles. The van der Waals surface area contributed by atoms with E-state index < -0.39 is 28.9 Å². The molecule has 0 spiro atoms. The summed E-state index contributed by atoms with van der Waals surface area (Å²) >= 11 is 1.29. The van der Waals surface area contributed by atoms with Crippen molar-refractivity contribution in [1.82, 2.24) is 5.32 Å². The zero-order chi connectivity index (χ0) is 30.8. The Morgan fingerprint density at radius 3 is 2.14 bits per heavy atom. The molecule has 10 heteroatoms. The first-order valence-electron chi connectivity index (χ1n) is 13.1. The van der Waals surface area contributed by atoms with Gasteiger partial charge in [0.25, 0.3) is 11.8 Å². The molecule has 0 radical (unpaired) electrons. The molecule has 43 heavy (non-hydrogen) atoms. The molecule has 3 amide bonds. The number of hydrogen-bond donors (Lipinski definition) is 3. The number of carbonyl (C=O) groups is 4. The van der Waals surface area contributed by atoms with Gasteiger partial charge in [0.2, 0.25) is 5.91 Å². The minimum absolute atomic E-state index is 0.0311. The number of halogens is 1. The first-order chi connectivity index (χ1) is 20.7. The predicted octanol–water partition coefficient (Wildman–Crippen LogP) is 6.14. The minimum atomic E-state index is -0.578. The van der Waals surface area contributed by atoms with Gasteiger partial charge in [-0.05, 0) is 79.2 Å². The molecular formula is C33H28FN3O5S. The van der Waals surface area contributed by atoms with Gasteiger partial charge in [0, 0.05) is 16.1 Å². The number of esters is 1. The highest BCUT2D eigenvalue weighted by atomic mass is 32.2. The number of nitrogens with one attached hydrogen (secondary N) is 3. The average molecular weight is 598 g/mol. The summed E-state index contributed by atoms with van der Waals surface area (Å²) in [6.45, 7) is 1.73. The van der Waals surface area contributed by atoms with Gasteiger partial charge in [-0.15, -0.1) is 11.8 Å². The fourth-order valence-electron chi connectivity index (χ4n) is 3.86. The summed E-state index contributed by atoms with van der Waals surface area (Å²) in [6, 6.07) is 27.4. The molecule has 0 bridgehead atoms. The maximum Gasteiger partial charge on any atom is 0.339 e. The number of rotatable bonds is 10. The van der Waals surface area contributed by atoms with Gasteiger partial charge in [-0.25, -0.2) is 9.18 Å². The SMILES string of the molecule is COC(=O)c1ccccc1NC(=O)C(C)Sc1ccc(NC(=O)/C(=C/c2ccc(F)cc2)NC(=O)c2ccccc2)cc1. The number of thioether (sulfide) groups is 1. The highest BCUT2D eigenvalue weighted by Crippen LogP contribution is 2.26. The molecule has 0 saturated heterocycles. The van der Waals surface area contributed by atoms with Crippen LogP contribution >= 0.6 is 11.8 Å². The van der Waals surface area contributed by atoms with Crippen molar-refractivity contribution in [2.45, 2.75) is 17.1 Å². The number of hydrogen-bond acceptors (Lipinski definition) is 6. The third kappa shape index (κ3) is 8.64. The highest BCUT2D eigenvalue weighted by molar-refractivity contribution is 8.00. The maximum absolute atomic E-state index is 13.4. The van der Waals surface area contributed by atoms with Crippen molar-refractivity contribution in [2.24, 2.45) is 0 Å². The molecule has 1 atom stereocenters. The van der Waals surface area contributed by atoms with Crippen LogP contribution in [0.2, 0.25) is 0 Å². The smallest absolute Gasteiger partial charge is 0.339 e. The van der Waals surface area contributed by atoms with Crippen LogP contribution in [-0.4, -0.2) is 36.1 Å². The second-order valence-electron chi connectivity index (χ2n) is 9.19. The van der Waals surface area contributed by atoms with E-state index in [4.69, 9.17) is 4.74 Å². The summed E-state index contributed by atoms with van der Waals surface area (Å²) in [5.41, 5.74) is 1.92. The van der Waals surface area contributed by atoms with E-state index in [-0.39, 0.29) is 17.2 Å². The van der Waals surface area contributed by atoms with Crippen LogP contribution in [0.5, 0.6) is 0 Å². The third-order valence-corrected chi connectivity index (χ3v) is 7.21. The van der Waals surface area contributed by atoms with Gasteiger partial charge >= 0.3 is 5.97 Å². The van der Waals surface area contributed by atoms with Crippen LogP contribution < -0.4 is 16.0 Å². The van der Waals surface area contributed by atoms with E-state index in [2.05, 4.69) is 16.0 Å². The Kier molecular flexibility index (Phi) is 10.4. The van der Waals surface area contributed by atoms with Crippen LogP contribution in [0.3, 0.4) is 0 Å². The fourth-order valence-corrected chi connectivity index (χ4v) is 4.72. The molecule has 8 nitrogen and oxygen atoms in total. The molecule has 4 rings (SSSR count). The van der Waals surface area contributed by atoms with Crippen LogP contribution in [0.4, 0.5) is 15.8 Å². The van der Waals surface area contributed by atoms with Crippen LogP contribution in [0.15, 0.2) is 114 Å². The largest absolute Gasteiger partial charge is 0.465 e. The molecule has 0 heterocycles. The van der Waals surface area contributed by atoms with Crippen molar-refractivity contribution in [1.29, 1.82) is 0 Å². The van der Waals surface area contributed by atoms with Crippen molar-refractivity contribution < 1.29 is 28.3 Å². The molecule has 0 aliphatic heterocycles. The molecule has 0 aromatic heterocycles. The molecule has 4 aromatic carbocycles. The Morgan fingerprint density at radius 1 is 0.814 bits per heavy atom. The summed E-state index contributed by atoms with van der Waals surface area (Å²) < 4.78 is 18.2. The van der Waals surface area contributed by atoms with Gasteiger partial charge in [-0.2, -0.15) is 0 Å². The molecule has 0 aliphatic rings. The van der Waals surface area contributed by atoms with Crippen molar-refractivity contribution in [3.63, 3.8) is 0 Å². The standard InChI is InChI=1S/C33H28FN3O5S/c1-21(30(38)36-28-11-7-6-10-27(28)33(41)42-2)43-26-18-16-25(17-19-26)35-32(40)29(20-22-12-14-24(34)15-13-22)37-31(39)23-8-4-3-5-9-23/h3-21H,1-2H3,(H,35,40)(H,36,38)(H,37,39)/b29-20-. The predicted molar refractivity (Wildman–Crippen MR) is 165 cm³/mol. The molecule has 1 unspecified atom stereocenters. The van der Waals surface area contributed by atoms with Gasteiger partial charge in [-0.3, -0.25) is 14.4 Å². The molecule has 3 N–H and O–H groups in total. The summed E-state index contributed by atoms with van der Waals surface area (Å²) in [6.07, 6.45) is 1.46. The second kappa shape index (κ2) is 14.6. The van der Waals surface area contributed by atoms with E-state index >= 15 is 0 Å². The number of benzene rings is 4. The molecule has 0 aliphatic carbocycles. The number of methoxy groups -OCH3 is 1. The van der Waals surface area contributed by atoms with Gasteiger partial charge in [0.15, 0.2) is 0 Å². The lowest BCUT2D eigenvalue weighted by atomic mass is 10.1. The first-order valence-corrected chi connectivity index (χ1v) is 14.0.